The van der Waals surface area contributed by atoms with E-state index in [-0.39, 0.29) is 24.8 Å². The molecule has 44 heavy (non-hydrogen) atoms. The van der Waals surface area contributed by atoms with E-state index in [1.807, 2.05) is 0 Å². The van der Waals surface area contributed by atoms with Gasteiger partial charge in [0.1, 0.15) is 0 Å². The molecular formula is C40H40Cl2SiZr. The maximum absolute atomic E-state index is 2.55. The molecule has 0 unspecified atom stereocenters. The van der Waals surface area contributed by atoms with Gasteiger partial charge in [-0.1, -0.05) is 0 Å². The average molecular weight is 711 g/mol. The van der Waals surface area contributed by atoms with Gasteiger partial charge in [-0.05, 0) is 0 Å². The van der Waals surface area contributed by atoms with Crippen molar-refractivity contribution < 1.29 is 45.2 Å². The molecule has 4 aromatic rings. The molecule has 0 saturated carbocycles. The van der Waals surface area contributed by atoms with Gasteiger partial charge in [-0.3, -0.25) is 0 Å². The van der Waals surface area contributed by atoms with Gasteiger partial charge in [-0.15, -0.1) is 0 Å². The molecule has 4 heteroatoms. The fourth-order valence-corrected chi connectivity index (χ4v) is 28.6. The van der Waals surface area contributed by atoms with Gasteiger partial charge >= 0.3 is 262 Å². The normalized spacial score (nSPS) is 13.9. The fraction of sp³-hybridized carbons (Fsp3) is 0.200. The van der Waals surface area contributed by atoms with E-state index in [4.69, 9.17) is 0 Å². The molecule has 2 aliphatic rings. The minimum atomic E-state index is -2.46. The summed E-state index contributed by atoms with van der Waals surface area (Å²) >= 11 is -2.46. The number of benzene rings is 4. The molecule has 0 N–H and O–H groups in total. The third-order valence-corrected chi connectivity index (χ3v) is 28.7. The molecule has 0 aromatic heterocycles. The van der Waals surface area contributed by atoms with E-state index in [0.717, 1.165) is 25.7 Å². The Morgan fingerprint density at radius 1 is 0.523 bits per heavy atom. The molecular weight excluding hydrogens is 671 g/mol. The predicted molar refractivity (Wildman–Crippen MR) is 180 cm³/mol. The van der Waals surface area contributed by atoms with Crippen molar-refractivity contribution in [1.29, 1.82) is 0 Å². The number of hydrogen-bond donors (Lipinski definition) is 0. The molecule has 222 valence electrons. The van der Waals surface area contributed by atoms with Gasteiger partial charge in [-0.2, -0.15) is 0 Å². The number of aryl methyl sites for hydroxylation is 2. The molecule has 2 aliphatic carbocycles. The van der Waals surface area contributed by atoms with Crippen LogP contribution in [0, 0.1) is 0 Å². The van der Waals surface area contributed by atoms with Crippen molar-refractivity contribution in [3.63, 3.8) is 0 Å². The van der Waals surface area contributed by atoms with Crippen LogP contribution in [0.15, 0.2) is 139 Å². The standard InChI is InChI=1S/2C14H15.C12H10Si.2ClH.Zr/c2*1-3-12-7-9-13(10-8-12)14-6-4-5-11(14)2;1-3-7-11(8-4-1)13-12-9-5-2-6-10-12;;;/h2*6-10H,3-4H2,1-2H3;1-10H;2*1H;/q;;;;;+2/p-2. The third kappa shape index (κ3) is 7.00. The topological polar surface area (TPSA) is 0 Å². The second-order valence-corrected chi connectivity index (χ2v) is 24.8. The zero-order valence-electron chi connectivity index (χ0n) is 26.1. The third-order valence-electron chi connectivity index (χ3n) is 9.06. The fourth-order valence-electron chi connectivity index (χ4n) is 6.58. The number of halogens is 2. The Bertz CT molecular complexity index is 1630. The van der Waals surface area contributed by atoms with Crippen molar-refractivity contribution in [2.24, 2.45) is 0 Å². The quantitative estimate of drug-likeness (QED) is 0.247. The molecule has 0 nitrogen and oxygen atoms in total. The SMILES string of the molecule is CCc1ccc(C2=CC[C]([Zr+2]([C]3=C(C)C(c4ccc(CC)cc4)=CC3)=[Si](c3ccccc3)c3ccccc3)=C2C)cc1.[Cl-].[Cl-]. The summed E-state index contributed by atoms with van der Waals surface area (Å²) in [6, 6.07) is 41.7. The predicted octanol–water partition coefficient (Wildman–Crippen LogP) is 3.07. The van der Waals surface area contributed by atoms with Crippen LogP contribution >= 0.6 is 0 Å². The van der Waals surface area contributed by atoms with Crippen LogP contribution in [0.5, 0.6) is 0 Å². The van der Waals surface area contributed by atoms with E-state index >= 15 is 0 Å². The Morgan fingerprint density at radius 3 is 1.23 bits per heavy atom. The van der Waals surface area contributed by atoms with Gasteiger partial charge < -0.3 is 24.8 Å². The van der Waals surface area contributed by atoms with Gasteiger partial charge in [0.15, 0.2) is 0 Å². The first-order valence-electron chi connectivity index (χ1n) is 15.4. The van der Waals surface area contributed by atoms with Crippen molar-refractivity contribution in [2.45, 2.75) is 53.4 Å². The van der Waals surface area contributed by atoms with E-state index in [2.05, 4.69) is 149 Å². The molecule has 0 fully saturated rings. The maximum Gasteiger partial charge on any atom is -1.00 e. The largest absolute Gasteiger partial charge is 1.00 e. The first-order chi connectivity index (χ1) is 20.6. The zero-order chi connectivity index (χ0) is 29.1. The van der Waals surface area contributed by atoms with Crippen LogP contribution in [0.1, 0.15) is 62.8 Å². The second kappa shape index (κ2) is 15.7. The summed E-state index contributed by atoms with van der Waals surface area (Å²) < 4.78 is 3.61. The van der Waals surface area contributed by atoms with Crippen LogP contribution in [0.25, 0.3) is 11.1 Å². The van der Waals surface area contributed by atoms with Crippen molar-refractivity contribution >= 4 is 27.0 Å². The van der Waals surface area contributed by atoms with E-state index in [1.54, 1.807) is 28.1 Å². The van der Waals surface area contributed by atoms with Crippen LogP contribution < -0.4 is 35.2 Å². The summed E-state index contributed by atoms with van der Waals surface area (Å²) in [5.74, 6) is 0. The smallest absolute Gasteiger partial charge is 1.00 e. The molecule has 0 saturated heterocycles. The summed E-state index contributed by atoms with van der Waals surface area (Å²) in [7, 11) is 0. The Kier molecular flexibility index (Phi) is 12.3. The van der Waals surface area contributed by atoms with E-state index in [1.165, 1.54) is 33.4 Å². The van der Waals surface area contributed by atoms with Crippen LogP contribution in [-0.4, -0.2) is 5.43 Å². The molecule has 0 aliphatic heterocycles. The van der Waals surface area contributed by atoms with Crippen molar-refractivity contribution in [3.05, 3.63) is 161 Å². The Labute approximate surface area is 284 Å². The summed E-state index contributed by atoms with van der Waals surface area (Å²) in [5.41, 5.74) is 10.6. The van der Waals surface area contributed by atoms with E-state index in [0.29, 0.717) is 0 Å². The summed E-state index contributed by atoms with van der Waals surface area (Å²) in [6.07, 6.45) is 9.48. The molecule has 0 radical (unpaired) electrons. The molecule has 0 heterocycles. The summed E-state index contributed by atoms with van der Waals surface area (Å²) in [6.45, 7) is 9.34. The van der Waals surface area contributed by atoms with Gasteiger partial charge in [-0.25, -0.2) is 0 Å². The first kappa shape index (κ1) is 34.4. The van der Waals surface area contributed by atoms with Crippen LogP contribution in [0.2, 0.25) is 0 Å². The van der Waals surface area contributed by atoms with Gasteiger partial charge in [0, 0.05) is 0 Å². The Hall–Kier alpha value is -2.48. The maximum atomic E-state index is 2.55. The van der Waals surface area contributed by atoms with Crippen LogP contribution in [0.3, 0.4) is 0 Å². The van der Waals surface area contributed by atoms with Crippen LogP contribution in [-0.2, 0) is 33.2 Å². The number of allylic oxidation sites excluding steroid dienone is 8. The molecule has 4 aromatic carbocycles. The Morgan fingerprint density at radius 2 is 0.886 bits per heavy atom. The number of rotatable bonds is 8. The average Bonchev–Trinajstić information content (AvgIpc) is 3.62. The molecule has 6 rings (SSSR count). The zero-order valence-corrected chi connectivity index (χ0v) is 31.1. The van der Waals surface area contributed by atoms with Crippen LogP contribution in [0.4, 0.5) is 0 Å². The number of hydrogen-bond acceptors (Lipinski definition) is 0. The molecule has 0 amide bonds. The second-order valence-electron chi connectivity index (χ2n) is 11.4. The van der Waals surface area contributed by atoms with E-state index < -0.39 is 25.8 Å². The molecule has 0 bridgehead atoms. The van der Waals surface area contributed by atoms with Gasteiger partial charge in [0.25, 0.3) is 0 Å². The molecule has 0 spiro atoms. The van der Waals surface area contributed by atoms with E-state index in [9.17, 15) is 0 Å². The van der Waals surface area contributed by atoms with Gasteiger partial charge in [0.2, 0.25) is 0 Å². The molecule has 0 atom stereocenters. The monoisotopic (exact) mass is 708 g/mol. The minimum Gasteiger partial charge on any atom is -1.00 e. The van der Waals surface area contributed by atoms with Gasteiger partial charge in [0.05, 0.1) is 0 Å². The first-order valence-corrected chi connectivity index (χ1v) is 23.1. The summed E-state index contributed by atoms with van der Waals surface area (Å²) in [4.78, 5) is 0. The van der Waals surface area contributed by atoms with Crippen molar-refractivity contribution in [2.75, 3.05) is 0 Å². The minimum absolute atomic E-state index is 0. The van der Waals surface area contributed by atoms with Crippen molar-refractivity contribution in [1.82, 2.24) is 0 Å². The summed E-state index contributed by atoms with van der Waals surface area (Å²) in [5, 5.41) is 3.15. The Balaban J connectivity index is 0.00000221. The van der Waals surface area contributed by atoms with Crippen molar-refractivity contribution in [3.8, 4) is 0 Å².